The number of benzene rings is 4. The van der Waals surface area contributed by atoms with Crippen LogP contribution in [0.25, 0.3) is 21.5 Å². The first-order chi connectivity index (χ1) is 18.4. The van der Waals surface area contributed by atoms with E-state index < -0.39 is 10.1 Å². The fourth-order valence-corrected chi connectivity index (χ4v) is 7.91. The van der Waals surface area contributed by atoms with E-state index in [4.69, 9.17) is 0 Å². The van der Waals surface area contributed by atoms with Crippen LogP contribution < -0.4 is 10.2 Å². The highest BCUT2D eigenvalue weighted by molar-refractivity contribution is 8.03. The summed E-state index contributed by atoms with van der Waals surface area (Å²) in [6.45, 7) is 2.67. The molecule has 0 spiro atoms. The van der Waals surface area contributed by atoms with Crippen molar-refractivity contribution in [2.75, 3.05) is 22.5 Å². The molecule has 0 fully saturated rings. The molecule has 0 radical (unpaired) electrons. The third-order valence-electron chi connectivity index (χ3n) is 6.91. The molecule has 2 aliphatic heterocycles. The molecule has 0 saturated heterocycles. The molecule has 1 unspecified atom stereocenters. The normalized spacial score (nSPS) is 18.3. The van der Waals surface area contributed by atoms with Gasteiger partial charge in [0.2, 0.25) is 0 Å². The average molecular weight is 561 g/mol. The standard InChI is InChI=1S/C30H28N2O3S3/c1-2-20(18-27-31-29-23-10-5-3-8-21(23)12-14-25(29)36-27)19-28-32(16-7-17-38(33,34)35)30-24-11-6-4-9-22(24)13-15-26(30)37-28/h3-6,8-15,18-19,27,31H,2,7,16-17H2,1H3,(H,33,34,35). The Morgan fingerprint density at radius 2 is 1.66 bits per heavy atom. The topological polar surface area (TPSA) is 69.6 Å². The SMILES string of the molecule is CCC(=CC1Nc2c(ccc3ccccc23)S1)C=C1Sc2ccc3ccccc3c2N1CCCS(=O)(=O)O. The lowest BCUT2D eigenvalue weighted by molar-refractivity contribution is 0.481. The van der Waals surface area contributed by atoms with Crippen LogP contribution in [0.4, 0.5) is 11.4 Å². The van der Waals surface area contributed by atoms with Crippen LogP contribution in [0.1, 0.15) is 19.8 Å². The second-order valence-corrected chi connectivity index (χ2v) is 13.3. The van der Waals surface area contributed by atoms with Crippen molar-refractivity contribution in [3.8, 4) is 0 Å². The highest BCUT2D eigenvalue weighted by Gasteiger charge is 2.28. The highest BCUT2D eigenvalue weighted by Crippen LogP contribution is 2.50. The highest BCUT2D eigenvalue weighted by atomic mass is 32.2. The van der Waals surface area contributed by atoms with Gasteiger partial charge in [0.15, 0.2) is 0 Å². The minimum atomic E-state index is -4.01. The molecule has 1 atom stereocenters. The lowest BCUT2D eigenvalue weighted by atomic mass is 10.1. The zero-order valence-electron chi connectivity index (χ0n) is 20.9. The monoisotopic (exact) mass is 560 g/mol. The summed E-state index contributed by atoms with van der Waals surface area (Å²) in [5.41, 5.74) is 3.52. The van der Waals surface area contributed by atoms with Crippen LogP contribution in [0.15, 0.2) is 105 Å². The molecule has 38 heavy (non-hydrogen) atoms. The van der Waals surface area contributed by atoms with E-state index in [2.05, 4.69) is 90.0 Å². The first kappa shape index (κ1) is 25.4. The molecule has 0 aromatic heterocycles. The Kier molecular flexibility index (Phi) is 6.90. The fourth-order valence-electron chi connectivity index (χ4n) is 5.11. The largest absolute Gasteiger partial charge is 0.368 e. The molecule has 0 aliphatic carbocycles. The molecule has 8 heteroatoms. The maximum Gasteiger partial charge on any atom is 0.264 e. The Hall–Kier alpha value is -2.91. The van der Waals surface area contributed by atoms with E-state index in [-0.39, 0.29) is 11.1 Å². The van der Waals surface area contributed by atoms with Crippen LogP contribution >= 0.6 is 23.5 Å². The van der Waals surface area contributed by atoms with Gasteiger partial charge in [-0.2, -0.15) is 8.42 Å². The number of nitrogens with one attached hydrogen (secondary N) is 1. The Labute approximate surface area is 231 Å². The quantitative estimate of drug-likeness (QED) is 0.223. The third-order valence-corrected chi connectivity index (χ3v) is 9.92. The van der Waals surface area contributed by atoms with Gasteiger partial charge in [-0.1, -0.05) is 91.1 Å². The Balaban J connectivity index is 1.32. The maximum atomic E-state index is 11.4. The van der Waals surface area contributed by atoms with Crippen molar-refractivity contribution in [1.29, 1.82) is 0 Å². The predicted molar refractivity (Wildman–Crippen MR) is 162 cm³/mol. The summed E-state index contributed by atoms with van der Waals surface area (Å²) < 4.78 is 32.2. The lowest BCUT2D eigenvalue weighted by Crippen LogP contribution is -2.22. The van der Waals surface area contributed by atoms with Crippen LogP contribution in [0.3, 0.4) is 0 Å². The Morgan fingerprint density at radius 1 is 0.974 bits per heavy atom. The van der Waals surface area contributed by atoms with Gasteiger partial charge >= 0.3 is 0 Å². The number of thioether (sulfide) groups is 2. The van der Waals surface area contributed by atoms with Gasteiger partial charge in [-0.05, 0) is 53.5 Å². The van der Waals surface area contributed by atoms with Crippen LogP contribution in [-0.4, -0.2) is 30.6 Å². The van der Waals surface area contributed by atoms with E-state index in [9.17, 15) is 13.0 Å². The van der Waals surface area contributed by atoms with Crippen molar-refractivity contribution in [3.05, 3.63) is 95.6 Å². The maximum absolute atomic E-state index is 11.4. The number of allylic oxidation sites excluding steroid dienone is 2. The van der Waals surface area contributed by atoms with E-state index in [0.29, 0.717) is 13.0 Å². The van der Waals surface area contributed by atoms with Crippen LogP contribution in [0.2, 0.25) is 0 Å². The summed E-state index contributed by atoms with van der Waals surface area (Å²) in [6, 6.07) is 25.4. The summed E-state index contributed by atoms with van der Waals surface area (Å²) >= 11 is 3.54. The first-order valence-electron chi connectivity index (χ1n) is 12.7. The molecule has 2 N–H and O–H groups in total. The fraction of sp³-hybridized carbons (Fsp3) is 0.200. The molecule has 6 rings (SSSR count). The van der Waals surface area contributed by atoms with Crippen molar-refractivity contribution in [2.45, 2.75) is 34.9 Å². The molecule has 4 aromatic rings. The number of fused-ring (bicyclic) bond motifs is 6. The van der Waals surface area contributed by atoms with Gasteiger partial charge in [-0.3, -0.25) is 4.55 Å². The van der Waals surface area contributed by atoms with Crippen molar-refractivity contribution < 1.29 is 13.0 Å². The third kappa shape index (κ3) is 5.06. The van der Waals surface area contributed by atoms with Crippen LogP contribution in [0.5, 0.6) is 0 Å². The van der Waals surface area contributed by atoms with E-state index >= 15 is 0 Å². The van der Waals surface area contributed by atoms with Gasteiger partial charge in [0.05, 0.1) is 27.5 Å². The van der Waals surface area contributed by atoms with Gasteiger partial charge in [-0.25, -0.2) is 0 Å². The van der Waals surface area contributed by atoms with Crippen LogP contribution in [-0.2, 0) is 10.1 Å². The van der Waals surface area contributed by atoms with Gasteiger partial charge in [0.25, 0.3) is 10.1 Å². The Bertz CT molecular complexity index is 1710. The number of hydrogen-bond donors (Lipinski definition) is 2. The van der Waals surface area contributed by atoms with Crippen LogP contribution in [0, 0.1) is 0 Å². The summed E-state index contributed by atoms with van der Waals surface area (Å²) in [4.78, 5) is 4.63. The lowest BCUT2D eigenvalue weighted by Gasteiger charge is -2.22. The van der Waals surface area contributed by atoms with Gasteiger partial charge in [0, 0.05) is 27.1 Å². The minimum Gasteiger partial charge on any atom is -0.368 e. The number of nitrogens with zero attached hydrogens (tertiary/aromatic N) is 1. The first-order valence-corrected chi connectivity index (χ1v) is 16.0. The summed E-state index contributed by atoms with van der Waals surface area (Å²) in [5.74, 6) is -0.257. The number of rotatable bonds is 7. The smallest absolute Gasteiger partial charge is 0.264 e. The zero-order chi connectivity index (χ0) is 26.3. The molecular weight excluding hydrogens is 533 g/mol. The van der Waals surface area contributed by atoms with Crippen molar-refractivity contribution in [1.82, 2.24) is 0 Å². The van der Waals surface area contributed by atoms with Crippen molar-refractivity contribution in [2.24, 2.45) is 0 Å². The molecule has 194 valence electrons. The van der Waals surface area contributed by atoms with Gasteiger partial charge in [0.1, 0.15) is 0 Å². The van der Waals surface area contributed by atoms with E-state index in [1.807, 2.05) is 23.9 Å². The summed E-state index contributed by atoms with van der Waals surface area (Å²) in [6.07, 6.45) is 5.74. The average Bonchev–Trinajstić information content (AvgIpc) is 3.48. The van der Waals surface area contributed by atoms with Gasteiger partial charge in [-0.15, -0.1) is 0 Å². The zero-order valence-corrected chi connectivity index (χ0v) is 23.4. The Morgan fingerprint density at radius 3 is 2.39 bits per heavy atom. The van der Waals surface area contributed by atoms with Crippen molar-refractivity contribution in [3.63, 3.8) is 0 Å². The number of hydrogen-bond acceptors (Lipinski definition) is 6. The minimum absolute atomic E-state index is 0.130. The molecule has 2 aliphatic rings. The van der Waals surface area contributed by atoms with E-state index in [0.717, 1.165) is 32.8 Å². The second-order valence-electron chi connectivity index (χ2n) is 9.45. The van der Waals surface area contributed by atoms with E-state index in [1.165, 1.54) is 26.9 Å². The molecule has 0 saturated carbocycles. The molecule has 0 amide bonds. The van der Waals surface area contributed by atoms with Crippen molar-refractivity contribution >= 4 is 66.6 Å². The molecule has 0 bridgehead atoms. The predicted octanol–water partition coefficient (Wildman–Crippen LogP) is 7.90. The summed E-state index contributed by atoms with van der Waals surface area (Å²) in [5, 5.41) is 9.68. The second kappa shape index (κ2) is 10.3. The van der Waals surface area contributed by atoms with Gasteiger partial charge < -0.3 is 10.2 Å². The molecule has 4 aromatic carbocycles. The molecular formula is C30H28N2O3S3. The number of anilines is 2. The summed E-state index contributed by atoms with van der Waals surface area (Å²) in [7, 11) is -4.01. The van der Waals surface area contributed by atoms with E-state index in [1.54, 1.807) is 11.8 Å². The molecule has 2 heterocycles. The molecule has 5 nitrogen and oxygen atoms in total.